The lowest BCUT2D eigenvalue weighted by atomic mass is 9.83. The first-order valence-electron chi connectivity index (χ1n) is 3.51. The third kappa shape index (κ3) is 1.50. The highest BCUT2D eigenvalue weighted by Gasteiger charge is 2.02. The molecule has 2 nitrogen and oxygen atoms in total. The molecule has 1 heterocycles. The molecule has 0 amide bonds. The summed E-state index contributed by atoms with van der Waals surface area (Å²) in [6.07, 6.45) is 3.08. The van der Waals surface area contributed by atoms with Gasteiger partial charge < -0.3 is 9.97 Å². The molecule has 0 fully saturated rings. The van der Waals surface area contributed by atoms with E-state index in [1.54, 1.807) is 0 Å². The van der Waals surface area contributed by atoms with Gasteiger partial charge in [-0.1, -0.05) is 13.3 Å². The zero-order valence-electron chi connectivity index (χ0n) is 6.27. The Hall–Kier alpha value is -0.505. The number of nitrogens with one attached hydrogen (secondary N) is 2. The summed E-state index contributed by atoms with van der Waals surface area (Å²) < 4.78 is 0.718. The van der Waals surface area contributed by atoms with Crippen LogP contribution in [0.3, 0.4) is 0 Å². The molecule has 2 N–H and O–H groups in total. The largest absolute Gasteiger partial charge is 0.337 e. The maximum Gasteiger partial charge on any atom is 0.174 e. The summed E-state index contributed by atoms with van der Waals surface area (Å²) in [5.41, 5.74) is 1.20. The van der Waals surface area contributed by atoms with Crippen molar-refractivity contribution in [2.75, 3.05) is 0 Å². The first kappa shape index (κ1) is 7.60. The number of rotatable bonds is 2. The summed E-state index contributed by atoms with van der Waals surface area (Å²) in [4.78, 5) is 6.03. The van der Waals surface area contributed by atoms with Gasteiger partial charge in [0.25, 0.3) is 0 Å². The molecular formula is C6H11BN2S. The van der Waals surface area contributed by atoms with E-state index in [0.717, 1.165) is 11.2 Å². The highest BCUT2D eigenvalue weighted by molar-refractivity contribution is 7.71. The summed E-state index contributed by atoms with van der Waals surface area (Å²) >= 11 is 4.89. The highest BCUT2D eigenvalue weighted by atomic mass is 32.1. The molecule has 1 atom stereocenters. The van der Waals surface area contributed by atoms with Gasteiger partial charge in [0, 0.05) is 11.9 Å². The van der Waals surface area contributed by atoms with Gasteiger partial charge in [-0.3, -0.25) is 0 Å². The minimum absolute atomic E-state index is 0.577. The number of hydrogen-bond donors (Lipinski definition) is 2. The molecule has 4 heteroatoms. The van der Waals surface area contributed by atoms with Crippen molar-refractivity contribution in [1.29, 1.82) is 0 Å². The van der Waals surface area contributed by atoms with Crippen molar-refractivity contribution in [1.82, 2.24) is 9.97 Å². The van der Waals surface area contributed by atoms with Gasteiger partial charge in [0.15, 0.2) is 4.77 Å². The van der Waals surface area contributed by atoms with Gasteiger partial charge >= 0.3 is 0 Å². The Morgan fingerprint density at radius 3 is 2.90 bits per heavy atom. The molecule has 0 aliphatic rings. The lowest BCUT2D eigenvalue weighted by Crippen LogP contribution is -1.95. The van der Waals surface area contributed by atoms with Crippen LogP contribution in [0.1, 0.15) is 24.9 Å². The SMILES string of the molecule is BC(CC)c1c[nH]c(=S)[nH]1. The van der Waals surface area contributed by atoms with Crippen LogP contribution in [0.5, 0.6) is 0 Å². The molecule has 0 aliphatic heterocycles. The van der Waals surface area contributed by atoms with Crippen molar-refractivity contribution in [2.45, 2.75) is 19.2 Å². The number of aromatic nitrogens is 2. The average molecular weight is 154 g/mol. The van der Waals surface area contributed by atoms with Crippen molar-refractivity contribution < 1.29 is 0 Å². The first-order valence-corrected chi connectivity index (χ1v) is 3.92. The molecule has 1 aromatic heterocycles. The molecule has 1 unspecified atom stereocenters. The summed E-state index contributed by atoms with van der Waals surface area (Å²) in [5, 5.41) is 0. The van der Waals surface area contributed by atoms with Crippen LogP contribution in [0.4, 0.5) is 0 Å². The molecule has 1 rings (SSSR count). The van der Waals surface area contributed by atoms with E-state index in [0.29, 0.717) is 5.82 Å². The Bertz CT molecular complexity index is 252. The molecular weight excluding hydrogens is 143 g/mol. The van der Waals surface area contributed by atoms with E-state index in [4.69, 9.17) is 12.2 Å². The van der Waals surface area contributed by atoms with Crippen LogP contribution in [0.2, 0.25) is 0 Å². The van der Waals surface area contributed by atoms with E-state index < -0.39 is 0 Å². The zero-order valence-corrected chi connectivity index (χ0v) is 7.09. The summed E-state index contributed by atoms with van der Waals surface area (Å²) in [6, 6.07) is 0. The van der Waals surface area contributed by atoms with Gasteiger partial charge in [0.1, 0.15) is 7.85 Å². The summed E-state index contributed by atoms with van der Waals surface area (Å²) in [7, 11) is 2.18. The van der Waals surface area contributed by atoms with E-state index in [2.05, 4.69) is 24.7 Å². The zero-order chi connectivity index (χ0) is 7.56. The van der Waals surface area contributed by atoms with Crippen molar-refractivity contribution in [2.24, 2.45) is 0 Å². The third-order valence-electron chi connectivity index (χ3n) is 1.76. The fourth-order valence-electron chi connectivity index (χ4n) is 0.832. The second-order valence-corrected chi connectivity index (χ2v) is 2.92. The molecule has 0 aliphatic carbocycles. The van der Waals surface area contributed by atoms with Gasteiger partial charge in [-0.2, -0.15) is 0 Å². The highest BCUT2D eigenvalue weighted by Crippen LogP contribution is 2.10. The van der Waals surface area contributed by atoms with Gasteiger partial charge in [0.05, 0.1) is 0 Å². The predicted octanol–water partition coefficient (Wildman–Crippen LogP) is 1.16. The van der Waals surface area contributed by atoms with Gasteiger partial charge in [0.2, 0.25) is 0 Å². The molecule has 0 spiro atoms. The lowest BCUT2D eigenvalue weighted by Gasteiger charge is -2.02. The van der Waals surface area contributed by atoms with Gasteiger partial charge in [-0.15, -0.1) is 0 Å². The van der Waals surface area contributed by atoms with Crippen LogP contribution in [-0.4, -0.2) is 17.8 Å². The topological polar surface area (TPSA) is 31.6 Å². The Balaban J connectivity index is 2.84. The van der Waals surface area contributed by atoms with E-state index in [9.17, 15) is 0 Å². The lowest BCUT2D eigenvalue weighted by molar-refractivity contribution is 0.853. The van der Waals surface area contributed by atoms with Crippen molar-refractivity contribution in [3.63, 3.8) is 0 Å². The van der Waals surface area contributed by atoms with E-state index in [1.807, 2.05) is 6.20 Å². The monoisotopic (exact) mass is 154 g/mol. The fraction of sp³-hybridized carbons (Fsp3) is 0.500. The Morgan fingerprint density at radius 2 is 2.50 bits per heavy atom. The van der Waals surface area contributed by atoms with Crippen LogP contribution in [0.15, 0.2) is 6.20 Å². The Kier molecular flexibility index (Phi) is 2.32. The van der Waals surface area contributed by atoms with Gasteiger partial charge in [-0.05, 0) is 18.0 Å². The molecule has 0 saturated heterocycles. The van der Waals surface area contributed by atoms with Crippen molar-refractivity contribution in [3.8, 4) is 0 Å². The smallest absolute Gasteiger partial charge is 0.174 e. The number of H-pyrrole nitrogens is 2. The van der Waals surface area contributed by atoms with Crippen LogP contribution in [-0.2, 0) is 0 Å². The number of hydrogen-bond acceptors (Lipinski definition) is 1. The van der Waals surface area contributed by atoms with Crippen LogP contribution < -0.4 is 0 Å². The van der Waals surface area contributed by atoms with E-state index in [-0.39, 0.29) is 0 Å². The van der Waals surface area contributed by atoms with Crippen LogP contribution >= 0.6 is 12.2 Å². The minimum atomic E-state index is 0.577. The van der Waals surface area contributed by atoms with Crippen LogP contribution in [0, 0.1) is 4.77 Å². The second-order valence-electron chi connectivity index (χ2n) is 2.51. The maximum absolute atomic E-state index is 4.89. The van der Waals surface area contributed by atoms with Crippen molar-refractivity contribution >= 4 is 20.1 Å². The van der Waals surface area contributed by atoms with E-state index in [1.165, 1.54) is 5.69 Å². The minimum Gasteiger partial charge on any atom is -0.337 e. The first-order chi connectivity index (χ1) is 4.74. The Morgan fingerprint density at radius 1 is 1.80 bits per heavy atom. The second kappa shape index (κ2) is 3.06. The van der Waals surface area contributed by atoms with Crippen LogP contribution in [0.25, 0.3) is 0 Å². The maximum atomic E-state index is 4.89. The summed E-state index contributed by atoms with van der Waals surface area (Å²) in [6.45, 7) is 2.16. The molecule has 54 valence electrons. The molecule has 0 aromatic carbocycles. The fourth-order valence-corrected chi connectivity index (χ4v) is 1.01. The average Bonchev–Trinajstić information content (AvgIpc) is 2.34. The number of aromatic amines is 2. The van der Waals surface area contributed by atoms with E-state index >= 15 is 0 Å². The number of imidazole rings is 1. The molecule has 0 radical (unpaired) electrons. The third-order valence-corrected chi connectivity index (χ3v) is 1.98. The predicted molar refractivity (Wildman–Crippen MR) is 47.6 cm³/mol. The van der Waals surface area contributed by atoms with Gasteiger partial charge in [-0.25, -0.2) is 0 Å². The quantitative estimate of drug-likeness (QED) is 0.486. The normalized spacial score (nSPS) is 13.3. The summed E-state index contributed by atoms with van der Waals surface area (Å²) in [5.74, 6) is 0.577. The molecule has 0 bridgehead atoms. The standard InChI is InChI=1S/C6H11BN2S/c1-2-4(7)5-3-8-6(10)9-5/h3-4H,2,7H2,1H3,(H2,8,9,10). The van der Waals surface area contributed by atoms with Crippen molar-refractivity contribution in [3.05, 3.63) is 16.7 Å². The molecule has 0 saturated carbocycles. The molecule has 10 heavy (non-hydrogen) atoms. The Labute approximate surface area is 66.5 Å². The molecule has 1 aromatic rings.